The van der Waals surface area contributed by atoms with Gasteiger partial charge in [0.2, 0.25) is 12.7 Å². The summed E-state index contributed by atoms with van der Waals surface area (Å²) in [6.45, 7) is 8.74. The number of hydrogen-bond donors (Lipinski definition) is 1. The van der Waals surface area contributed by atoms with Crippen molar-refractivity contribution in [2.24, 2.45) is 5.92 Å². The maximum Gasteiger partial charge on any atom is 0.243 e. The van der Waals surface area contributed by atoms with Crippen molar-refractivity contribution < 1.29 is 14.0 Å². The zero-order valence-electron chi connectivity index (χ0n) is 16.3. The van der Waals surface area contributed by atoms with Crippen LogP contribution in [0.25, 0.3) is 0 Å². The van der Waals surface area contributed by atoms with Crippen LogP contribution >= 0.6 is 0 Å². The Labute approximate surface area is 160 Å². The van der Waals surface area contributed by atoms with E-state index < -0.39 is 0 Å². The van der Waals surface area contributed by atoms with Crippen molar-refractivity contribution in [3.8, 4) is 11.5 Å². The van der Waals surface area contributed by atoms with E-state index in [9.17, 15) is 0 Å². The molecule has 7 nitrogen and oxygen atoms in total. The Hall–Kier alpha value is -2.28. The van der Waals surface area contributed by atoms with Gasteiger partial charge in [0, 0.05) is 37.3 Å². The number of fused-ring (bicyclic) bond motifs is 1. The molecule has 2 aliphatic rings. The quantitative estimate of drug-likeness (QED) is 0.834. The molecule has 3 heterocycles. The summed E-state index contributed by atoms with van der Waals surface area (Å²) in [5, 5.41) is 7.74. The van der Waals surface area contributed by atoms with Crippen LogP contribution in [0.5, 0.6) is 11.5 Å². The molecule has 1 fully saturated rings. The first-order valence-corrected chi connectivity index (χ1v) is 9.81. The van der Waals surface area contributed by atoms with E-state index in [4.69, 9.17) is 14.0 Å². The van der Waals surface area contributed by atoms with Gasteiger partial charge in [0.05, 0.1) is 6.04 Å². The van der Waals surface area contributed by atoms with Gasteiger partial charge in [0.25, 0.3) is 0 Å². The fraction of sp³-hybridized carbons (Fsp3) is 0.600. The van der Waals surface area contributed by atoms with Crippen LogP contribution in [0.3, 0.4) is 0 Å². The van der Waals surface area contributed by atoms with Crippen LogP contribution in [0.15, 0.2) is 22.7 Å². The second kappa shape index (κ2) is 7.76. The van der Waals surface area contributed by atoms with E-state index >= 15 is 0 Å². The Balaban J connectivity index is 1.29. The molecular formula is C20H28N4O3. The van der Waals surface area contributed by atoms with E-state index in [1.165, 1.54) is 5.69 Å². The number of nitrogens with zero attached hydrogens (tertiary/aromatic N) is 3. The maximum atomic E-state index is 5.49. The molecule has 0 amide bonds. The zero-order valence-corrected chi connectivity index (χ0v) is 16.3. The summed E-state index contributed by atoms with van der Waals surface area (Å²) in [5.74, 6) is 3.69. The van der Waals surface area contributed by atoms with E-state index in [1.807, 2.05) is 6.07 Å². The first-order chi connectivity index (χ1) is 13.1. The maximum absolute atomic E-state index is 5.49. The summed E-state index contributed by atoms with van der Waals surface area (Å²) < 4.78 is 16.3. The first kappa shape index (κ1) is 18.1. The van der Waals surface area contributed by atoms with Crippen molar-refractivity contribution in [3.63, 3.8) is 0 Å². The molecule has 2 aliphatic heterocycles. The van der Waals surface area contributed by atoms with Gasteiger partial charge in [0.1, 0.15) is 0 Å². The topological polar surface area (TPSA) is 72.7 Å². The molecule has 0 spiro atoms. The van der Waals surface area contributed by atoms with Crippen molar-refractivity contribution >= 4 is 5.69 Å². The lowest BCUT2D eigenvalue weighted by Crippen LogP contribution is -2.43. The third kappa shape index (κ3) is 4.18. The molecular weight excluding hydrogens is 344 g/mol. The molecule has 27 heavy (non-hydrogen) atoms. The van der Waals surface area contributed by atoms with Crippen LogP contribution in [-0.2, 0) is 6.42 Å². The molecule has 0 bridgehead atoms. The van der Waals surface area contributed by atoms with Crippen LogP contribution < -0.4 is 19.7 Å². The number of benzene rings is 1. The summed E-state index contributed by atoms with van der Waals surface area (Å²) in [6.07, 6.45) is 3.00. The average molecular weight is 372 g/mol. The van der Waals surface area contributed by atoms with Gasteiger partial charge in [-0.15, -0.1) is 0 Å². The molecule has 0 aliphatic carbocycles. The molecule has 1 saturated heterocycles. The van der Waals surface area contributed by atoms with Crippen LogP contribution in [-0.4, -0.2) is 36.1 Å². The largest absolute Gasteiger partial charge is 0.454 e. The van der Waals surface area contributed by atoms with Crippen LogP contribution in [0.1, 0.15) is 51.4 Å². The van der Waals surface area contributed by atoms with Gasteiger partial charge in [0.15, 0.2) is 17.3 Å². The third-order valence-corrected chi connectivity index (χ3v) is 5.15. The minimum Gasteiger partial charge on any atom is -0.454 e. The van der Waals surface area contributed by atoms with Crippen molar-refractivity contribution in [1.29, 1.82) is 0 Å². The lowest BCUT2D eigenvalue weighted by atomic mass is 10.0. The number of anilines is 1. The summed E-state index contributed by atoms with van der Waals surface area (Å²) in [4.78, 5) is 6.94. The first-order valence-electron chi connectivity index (χ1n) is 9.81. The third-order valence-electron chi connectivity index (χ3n) is 5.15. The lowest BCUT2D eigenvalue weighted by molar-refractivity contribution is 0.174. The highest BCUT2D eigenvalue weighted by atomic mass is 16.7. The van der Waals surface area contributed by atoms with E-state index in [0.717, 1.165) is 49.7 Å². The summed E-state index contributed by atoms with van der Waals surface area (Å²) >= 11 is 0. The number of ether oxygens (including phenoxy) is 2. The average Bonchev–Trinajstić information content (AvgIpc) is 3.30. The molecule has 0 radical (unpaired) electrons. The van der Waals surface area contributed by atoms with Crippen molar-refractivity contribution in [3.05, 3.63) is 29.9 Å². The van der Waals surface area contributed by atoms with Gasteiger partial charge < -0.3 is 24.2 Å². The Bertz CT molecular complexity index is 768. The smallest absolute Gasteiger partial charge is 0.243 e. The molecule has 0 unspecified atom stereocenters. The molecule has 1 atom stereocenters. The fourth-order valence-electron chi connectivity index (χ4n) is 3.70. The van der Waals surface area contributed by atoms with Gasteiger partial charge in [-0.2, -0.15) is 4.98 Å². The SMILES string of the molecule is CC(C)Cc1noc([C@@H](C)NC2CCN(c3ccc4c(c3)OCO4)CC2)n1. The Morgan fingerprint density at radius 3 is 2.70 bits per heavy atom. The molecule has 1 N–H and O–H groups in total. The molecule has 0 saturated carbocycles. The van der Waals surface area contributed by atoms with Gasteiger partial charge in [-0.3, -0.25) is 0 Å². The minimum atomic E-state index is 0.0699. The molecule has 146 valence electrons. The Morgan fingerprint density at radius 1 is 1.15 bits per heavy atom. The minimum absolute atomic E-state index is 0.0699. The fourth-order valence-corrected chi connectivity index (χ4v) is 3.70. The molecule has 2 aromatic rings. The van der Waals surface area contributed by atoms with Gasteiger partial charge in [-0.1, -0.05) is 19.0 Å². The molecule has 1 aromatic heterocycles. The van der Waals surface area contributed by atoms with Crippen LogP contribution in [0, 0.1) is 5.92 Å². The van der Waals surface area contributed by atoms with E-state index in [2.05, 4.69) is 53.3 Å². The highest BCUT2D eigenvalue weighted by molar-refractivity contribution is 5.57. The number of hydrogen-bond acceptors (Lipinski definition) is 7. The number of aromatic nitrogens is 2. The zero-order chi connectivity index (χ0) is 18.8. The normalized spacial score (nSPS) is 18.3. The second-order valence-electron chi connectivity index (χ2n) is 7.83. The van der Waals surface area contributed by atoms with Gasteiger partial charge in [-0.05, 0) is 37.8 Å². The standard InChI is InChI=1S/C20H28N4O3/c1-13(2)10-19-22-20(27-23-19)14(3)21-15-6-8-24(9-7-15)16-4-5-17-18(11-16)26-12-25-17/h4-5,11,13-15,21H,6-10,12H2,1-3H3/t14-/m1/s1. The summed E-state index contributed by atoms with van der Waals surface area (Å²) in [5.41, 5.74) is 1.20. The van der Waals surface area contributed by atoms with Gasteiger partial charge >= 0.3 is 0 Å². The van der Waals surface area contributed by atoms with E-state index in [-0.39, 0.29) is 6.04 Å². The summed E-state index contributed by atoms with van der Waals surface area (Å²) in [7, 11) is 0. The molecule has 7 heteroatoms. The highest BCUT2D eigenvalue weighted by Crippen LogP contribution is 2.36. The Kier molecular flexibility index (Phi) is 5.20. The number of piperidine rings is 1. The second-order valence-corrected chi connectivity index (χ2v) is 7.83. The van der Waals surface area contributed by atoms with Crippen LogP contribution in [0.4, 0.5) is 5.69 Å². The van der Waals surface area contributed by atoms with Crippen molar-refractivity contribution in [2.45, 2.75) is 52.1 Å². The summed E-state index contributed by atoms with van der Waals surface area (Å²) in [6, 6.07) is 6.70. The van der Waals surface area contributed by atoms with Crippen molar-refractivity contribution in [1.82, 2.24) is 15.5 Å². The van der Waals surface area contributed by atoms with Crippen LogP contribution in [0.2, 0.25) is 0 Å². The van der Waals surface area contributed by atoms with Gasteiger partial charge in [-0.25, -0.2) is 0 Å². The Morgan fingerprint density at radius 2 is 1.93 bits per heavy atom. The lowest BCUT2D eigenvalue weighted by Gasteiger charge is -2.35. The highest BCUT2D eigenvalue weighted by Gasteiger charge is 2.24. The predicted octanol–water partition coefficient (Wildman–Crippen LogP) is 3.32. The molecule has 1 aromatic carbocycles. The van der Waals surface area contributed by atoms with E-state index in [0.29, 0.717) is 24.6 Å². The molecule has 4 rings (SSSR count). The number of nitrogens with one attached hydrogen (secondary N) is 1. The predicted molar refractivity (Wildman–Crippen MR) is 102 cm³/mol. The van der Waals surface area contributed by atoms with E-state index in [1.54, 1.807) is 0 Å². The number of rotatable bonds is 6. The van der Waals surface area contributed by atoms with Crippen molar-refractivity contribution in [2.75, 3.05) is 24.8 Å². The monoisotopic (exact) mass is 372 g/mol.